The standard InChI is InChI=1S/C6H6F2N2O4S/c7-5(8)4-2(11)1-3(10-6(4)12)15(9,13)14/h1,5H,(H2,9,13,14)(H2,10,11,12). The second-order valence-electron chi connectivity index (χ2n) is 2.61. The molecule has 1 aromatic rings. The minimum atomic E-state index is -4.25. The lowest BCUT2D eigenvalue weighted by molar-refractivity contribution is 0.145. The van der Waals surface area contributed by atoms with Gasteiger partial charge in [-0.2, -0.15) is 0 Å². The first-order valence-electron chi connectivity index (χ1n) is 3.50. The van der Waals surface area contributed by atoms with Gasteiger partial charge in [-0.25, -0.2) is 22.3 Å². The monoisotopic (exact) mass is 240 g/mol. The van der Waals surface area contributed by atoms with Crippen LogP contribution in [0.5, 0.6) is 5.75 Å². The average Bonchev–Trinajstić information content (AvgIpc) is 1.99. The van der Waals surface area contributed by atoms with Crippen LogP contribution in [-0.4, -0.2) is 18.5 Å². The summed E-state index contributed by atoms with van der Waals surface area (Å²) in [7, 11) is -4.25. The Bertz CT molecular complexity index is 537. The van der Waals surface area contributed by atoms with Gasteiger partial charge < -0.3 is 10.1 Å². The maximum absolute atomic E-state index is 12.2. The Balaban J connectivity index is 3.53. The van der Waals surface area contributed by atoms with Gasteiger partial charge in [0.1, 0.15) is 11.3 Å². The van der Waals surface area contributed by atoms with Crippen molar-refractivity contribution in [3.8, 4) is 5.75 Å². The molecule has 1 heterocycles. The average molecular weight is 240 g/mol. The summed E-state index contributed by atoms with van der Waals surface area (Å²) in [5.41, 5.74) is -2.59. The maximum atomic E-state index is 12.2. The van der Waals surface area contributed by atoms with Crippen LogP contribution < -0.4 is 10.7 Å². The van der Waals surface area contributed by atoms with E-state index in [4.69, 9.17) is 5.11 Å². The number of nitrogens with two attached hydrogens (primary N) is 1. The number of sulfonamides is 1. The number of hydrogen-bond acceptors (Lipinski definition) is 4. The van der Waals surface area contributed by atoms with Crippen LogP contribution in [0.4, 0.5) is 8.78 Å². The van der Waals surface area contributed by atoms with Gasteiger partial charge in [0, 0.05) is 6.07 Å². The third-order valence-corrected chi connectivity index (χ3v) is 2.38. The molecule has 0 unspecified atom stereocenters. The third kappa shape index (κ3) is 2.30. The van der Waals surface area contributed by atoms with Crippen molar-refractivity contribution in [2.24, 2.45) is 5.14 Å². The molecule has 0 atom stereocenters. The van der Waals surface area contributed by atoms with Crippen LogP contribution in [0.15, 0.2) is 15.9 Å². The molecule has 0 fully saturated rings. The molecule has 0 spiro atoms. The van der Waals surface area contributed by atoms with E-state index in [2.05, 4.69) is 5.14 Å². The minimum Gasteiger partial charge on any atom is -0.507 e. The minimum absolute atomic E-state index is 0.457. The number of nitrogens with one attached hydrogen (secondary N) is 1. The van der Waals surface area contributed by atoms with Gasteiger partial charge in [0.05, 0.1) is 0 Å². The summed E-state index contributed by atoms with van der Waals surface area (Å²) in [6.07, 6.45) is -3.21. The van der Waals surface area contributed by atoms with Gasteiger partial charge in [-0.1, -0.05) is 0 Å². The second-order valence-corrected chi connectivity index (χ2v) is 4.14. The number of H-pyrrole nitrogens is 1. The van der Waals surface area contributed by atoms with E-state index < -0.39 is 38.3 Å². The van der Waals surface area contributed by atoms with Crippen molar-refractivity contribution < 1.29 is 22.3 Å². The van der Waals surface area contributed by atoms with E-state index in [1.165, 1.54) is 0 Å². The SMILES string of the molecule is NS(=O)(=O)c1cc(O)c(C(F)F)c(=O)[nH]1. The molecule has 0 amide bonds. The molecule has 6 nitrogen and oxygen atoms in total. The Hall–Kier alpha value is -1.48. The zero-order chi connectivity index (χ0) is 11.8. The molecule has 84 valence electrons. The van der Waals surface area contributed by atoms with Crippen molar-refractivity contribution >= 4 is 10.0 Å². The van der Waals surface area contributed by atoms with E-state index in [0.717, 1.165) is 0 Å². The van der Waals surface area contributed by atoms with Crippen LogP contribution in [-0.2, 0) is 10.0 Å². The van der Waals surface area contributed by atoms with E-state index in [1.807, 2.05) is 0 Å². The zero-order valence-corrected chi connectivity index (χ0v) is 7.88. The lowest BCUT2D eigenvalue weighted by atomic mass is 10.2. The van der Waals surface area contributed by atoms with Gasteiger partial charge >= 0.3 is 0 Å². The Morgan fingerprint density at radius 3 is 2.33 bits per heavy atom. The normalized spacial score (nSPS) is 12.0. The van der Waals surface area contributed by atoms with Crippen LogP contribution in [0, 0.1) is 0 Å². The first-order valence-corrected chi connectivity index (χ1v) is 5.05. The van der Waals surface area contributed by atoms with Gasteiger partial charge in [-0.3, -0.25) is 4.79 Å². The maximum Gasteiger partial charge on any atom is 0.272 e. The molecule has 0 aliphatic rings. The van der Waals surface area contributed by atoms with Gasteiger partial charge in [-0.15, -0.1) is 0 Å². The number of rotatable bonds is 2. The van der Waals surface area contributed by atoms with Crippen LogP contribution in [0.2, 0.25) is 0 Å². The van der Waals surface area contributed by atoms with E-state index in [-0.39, 0.29) is 0 Å². The molecule has 0 saturated heterocycles. The second kappa shape index (κ2) is 3.59. The molecule has 4 N–H and O–H groups in total. The number of halogens is 2. The topological polar surface area (TPSA) is 113 Å². The Labute approximate surface area is 82.4 Å². The summed E-state index contributed by atoms with van der Waals surface area (Å²) in [6, 6.07) is 0.457. The molecule has 0 radical (unpaired) electrons. The lowest BCUT2D eigenvalue weighted by Crippen LogP contribution is -2.21. The number of primary sulfonamides is 1. The number of hydrogen-bond donors (Lipinski definition) is 3. The molecule has 0 aliphatic heterocycles. The van der Waals surface area contributed by atoms with E-state index >= 15 is 0 Å². The molecule has 1 rings (SSSR count). The molecule has 1 aromatic heterocycles. The highest BCUT2D eigenvalue weighted by Gasteiger charge is 2.21. The van der Waals surface area contributed by atoms with Crippen molar-refractivity contribution in [3.05, 3.63) is 22.0 Å². The molecular weight excluding hydrogens is 234 g/mol. The number of pyridine rings is 1. The molecule has 0 aliphatic carbocycles. The van der Waals surface area contributed by atoms with Gasteiger partial charge in [0.25, 0.3) is 22.0 Å². The summed E-state index contributed by atoms with van der Waals surface area (Å²) in [5, 5.41) is 12.8. The molecule has 0 saturated carbocycles. The van der Waals surface area contributed by atoms with Crippen LogP contribution in [0.3, 0.4) is 0 Å². The fourth-order valence-electron chi connectivity index (χ4n) is 0.898. The van der Waals surface area contributed by atoms with Gasteiger partial charge in [0.2, 0.25) is 0 Å². The number of alkyl halides is 2. The number of aromatic hydroxyl groups is 1. The Kier molecular flexibility index (Phi) is 2.77. The van der Waals surface area contributed by atoms with Crippen LogP contribution in [0.1, 0.15) is 12.0 Å². The van der Waals surface area contributed by atoms with Gasteiger partial charge in [0.15, 0.2) is 5.03 Å². The van der Waals surface area contributed by atoms with E-state index in [0.29, 0.717) is 6.07 Å². The fourth-order valence-corrected chi connectivity index (χ4v) is 1.41. The smallest absolute Gasteiger partial charge is 0.272 e. The molecule has 0 aromatic carbocycles. The molecule has 0 bridgehead atoms. The molecule has 9 heteroatoms. The first-order chi connectivity index (χ1) is 6.73. The number of aromatic nitrogens is 1. The van der Waals surface area contributed by atoms with Crippen molar-refractivity contribution in [1.29, 1.82) is 0 Å². The van der Waals surface area contributed by atoms with Crippen LogP contribution in [0.25, 0.3) is 0 Å². The van der Waals surface area contributed by atoms with E-state index in [1.54, 1.807) is 4.98 Å². The summed E-state index contributed by atoms with van der Waals surface area (Å²) in [4.78, 5) is 12.6. The quantitative estimate of drug-likeness (QED) is 0.656. The van der Waals surface area contributed by atoms with Crippen molar-refractivity contribution in [3.63, 3.8) is 0 Å². The van der Waals surface area contributed by atoms with Crippen LogP contribution >= 0.6 is 0 Å². The summed E-state index contributed by atoms with van der Waals surface area (Å²) in [6.45, 7) is 0. The zero-order valence-electron chi connectivity index (χ0n) is 7.07. The highest BCUT2D eigenvalue weighted by atomic mass is 32.2. The predicted octanol–water partition coefficient (Wildman–Crippen LogP) is -0.334. The summed E-state index contributed by atoms with van der Waals surface area (Å²) in [5.74, 6) is -1.11. The van der Waals surface area contributed by atoms with Crippen molar-refractivity contribution in [2.45, 2.75) is 11.5 Å². The van der Waals surface area contributed by atoms with Crippen molar-refractivity contribution in [2.75, 3.05) is 0 Å². The summed E-state index contributed by atoms with van der Waals surface area (Å²) >= 11 is 0. The lowest BCUT2D eigenvalue weighted by Gasteiger charge is -2.04. The third-order valence-electron chi connectivity index (χ3n) is 1.55. The predicted molar refractivity (Wildman–Crippen MR) is 45.1 cm³/mol. The van der Waals surface area contributed by atoms with Gasteiger partial charge in [-0.05, 0) is 0 Å². The summed E-state index contributed by atoms with van der Waals surface area (Å²) < 4.78 is 45.8. The first kappa shape index (κ1) is 11.6. The molecule has 15 heavy (non-hydrogen) atoms. The largest absolute Gasteiger partial charge is 0.507 e. The van der Waals surface area contributed by atoms with Crippen molar-refractivity contribution in [1.82, 2.24) is 4.98 Å². The van der Waals surface area contributed by atoms with E-state index in [9.17, 15) is 22.0 Å². The Morgan fingerprint density at radius 2 is 2.00 bits per heavy atom. The fraction of sp³-hybridized carbons (Fsp3) is 0.167. The highest BCUT2D eigenvalue weighted by Crippen LogP contribution is 2.25. The highest BCUT2D eigenvalue weighted by molar-refractivity contribution is 7.89. The molecular formula is C6H6F2N2O4S. The number of aromatic amines is 1. The Morgan fingerprint density at radius 1 is 1.47 bits per heavy atom.